The van der Waals surface area contributed by atoms with Gasteiger partial charge in [-0.2, -0.15) is 0 Å². The van der Waals surface area contributed by atoms with E-state index in [1.54, 1.807) is 6.20 Å². The van der Waals surface area contributed by atoms with Crippen LogP contribution in [0.25, 0.3) is 10.8 Å². The van der Waals surface area contributed by atoms with Gasteiger partial charge in [0.25, 0.3) is 5.91 Å². The third-order valence-corrected chi connectivity index (χ3v) is 5.31. The predicted octanol–water partition coefficient (Wildman–Crippen LogP) is 3.25. The summed E-state index contributed by atoms with van der Waals surface area (Å²) in [6.45, 7) is 4.68. The number of ether oxygens (including phenoxy) is 1. The number of nitrogens with zero attached hydrogens (tertiary/aromatic N) is 2. The standard InChI is InChI=1S/C23H25N3O2/c1-17(28-16-18-6-5-11-24-14-18)22-15-26(13-12-25-22)23(27)21-10-4-8-19-7-2-3-9-20(19)21/h2-11,14,17,22,25H,12-13,15-16H2,1H3. The molecule has 1 saturated heterocycles. The van der Waals surface area contributed by atoms with E-state index >= 15 is 0 Å². The Morgan fingerprint density at radius 1 is 1.21 bits per heavy atom. The van der Waals surface area contributed by atoms with Crippen LogP contribution >= 0.6 is 0 Å². The van der Waals surface area contributed by atoms with Crippen molar-refractivity contribution in [2.75, 3.05) is 19.6 Å². The van der Waals surface area contributed by atoms with Crippen LogP contribution in [-0.2, 0) is 11.3 Å². The van der Waals surface area contributed by atoms with Crippen LogP contribution in [-0.4, -0.2) is 47.6 Å². The van der Waals surface area contributed by atoms with Crippen LogP contribution in [0, 0.1) is 0 Å². The van der Waals surface area contributed by atoms with Gasteiger partial charge in [0.1, 0.15) is 0 Å². The minimum absolute atomic E-state index is 0.0108. The highest BCUT2D eigenvalue weighted by Gasteiger charge is 2.28. The van der Waals surface area contributed by atoms with Crippen LogP contribution in [0.3, 0.4) is 0 Å². The first-order valence-corrected chi connectivity index (χ1v) is 9.73. The Kier molecular flexibility index (Phi) is 5.65. The molecule has 1 amide bonds. The van der Waals surface area contributed by atoms with Crippen molar-refractivity contribution in [1.82, 2.24) is 15.2 Å². The second kappa shape index (κ2) is 8.50. The fraction of sp³-hybridized carbons (Fsp3) is 0.304. The SMILES string of the molecule is CC(OCc1cccnc1)C1CN(C(=O)c2cccc3ccccc23)CCN1. The molecule has 1 aliphatic rings. The third kappa shape index (κ3) is 4.06. The summed E-state index contributed by atoms with van der Waals surface area (Å²) < 4.78 is 6.03. The molecule has 1 N–H and O–H groups in total. The van der Waals surface area contributed by atoms with E-state index in [0.29, 0.717) is 19.7 Å². The molecule has 0 saturated carbocycles. The lowest BCUT2D eigenvalue weighted by molar-refractivity contribution is 0.00894. The van der Waals surface area contributed by atoms with Gasteiger partial charge in [-0.15, -0.1) is 0 Å². The number of amides is 1. The molecule has 1 aromatic heterocycles. The van der Waals surface area contributed by atoms with Gasteiger partial charge < -0.3 is 15.0 Å². The van der Waals surface area contributed by atoms with Crippen LogP contribution in [0.5, 0.6) is 0 Å². The van der Waals surface area contributed by atoms with Gasteiger partial charge in [-0.3, -0.25) is 9.78 Å². The molecule has 4 rings (SSSR count). The molecular formula is C23H25N3O2. The number of benzene rings is 2. The lowest BCUT2D eigenvalue weighted by Crippen LogP contribution is -2.56. The van der Waals surface area contributed by atoms with E-state index < -0.39 is 0 Å². The fourth-order valence-corrected chi connectivity index (χ4v) is 3.69. The van der Waals surface area contributed by atoms with Crippen molar-refractivity contribution < 1.29 is 9.53 Å². The predicted molar refractivity (Wildman–Crippen MR) is 110 cm³/mol. The number of carbonyl (C=O) groups excluding carboxylic acids is 1. The summed E-state index contributed by atoms with van der Waals surface area (Å²) in [4.78, 5) is 19.3. The van der Waals surface area contributed by atoms with Gasteiger partial charge in [-0.25, -0.2) is 0 Å². The highest BCUT2D eigenvalue weighted by Crippen LogP contribution is 2.21. The first-order valence-electron chi connectivity index (χ1n) is 9.73. The Balaban J connectivity index is 1.43. The number of fused-ring (bicyclic) bond motifs is 1. The number of piperazine rings is 1. The first-order chi connectivity index (χ1) is 13.7. The van der Waals surface area contributed by atoms with E-state index in [1.807, 2.05) is 65.7 Å². The summed E-state index contributed by atoms with van der Waals surface area (Å²) in [7, 11) is 0. The average Bonchev–Trinajstić information content (AvgIpc) is 2.77. The van der Waals surface area contributed by atoms with E-state index in [1.165, 1.54) is 0 Å². The van der Waals surface area contributed by atoms with E-state index in [-0.39, 0.29) is 18.1 Å². The molecule has 0 bridgehead atoms. The van der Waals surface area contributed by atoms with E-state index in [0.717, 1.165) is 28.4 Å². The van der Waals surface area contributed by atoms with Gasteiger partial charge in [0, 0.05) is 37.6 Å². The van der Waals surface area contributed by atoms with Crippen LogP contribution in [0.4, 0.5) is 0 Å². The monoisotopic (exact) mass is 375 g/mol. The average molecular weight is 375 g/mol. The normalized spacial score (nSPS) is 18.2. The smallest absolute Gasteiger partial charge is 0.254 e. The highest BCUT2D eigenvalue weighted by molar-refractivity contribution is 6.07. The van der Waals surface area contributed by atoms with Gasteiger partial charge in [-0.05, 0) is 35.4 Å². The van der Waals surface area contributed by atoms with Crippen molar-refractivity contribution in [2.24, 2.45) is 0 Å². The maximum atomic E-state index is 13.2. The topological polar surface area (TPSA) is 54.5 Å². The highest BCUT2D eigenvalue weighted by atomic mass is 16.5. The molecule has 2 heterocycles. The molecule has 5 nitrogen and oxygen atoms in total. The molecule has 0 aliphatic carbocycles. The van der Waals surface area contributed by atoms with Crippen molar-refractivity contribution in [1.29, 1.82) is 0 Å². The maximum absolute atomic E-state index is 13.2. The lowest BCUT2D eigenvalue weighted by Gasteiger charge is -2.36. The van der Waals surface area contributed by atoms with Crippen LogP contribution in [0.1, 0.15) is 22.8 Å². The molecule has 28 heavy (non-hydrogen) atoms. The summed E-state index contributed by atoms with van der Waals surface area (Å²) >= 11 is 0. The Morgan fingerprint density at radius 2 is 2.07 bits per heavy atom. The van der Waals surface area contributed by atoms with Gasteiger partial charge in [0.05, 0.1) is 18.8 Å². The quantitative estimate of drug-likeness (QED) is 0.744. The summed E-state index contributed by atoms with van der Waals surface area (Å²) in [5.74, 6) is 0.0859. The molecule has 0 spiro atoms. The van der Waals surface area contributed by atoms with Crippen molar-refractivity contribution in [2.45, 2.75) is 25.7 Å². The summed E-state index contributed by atoms with van der Waals surface area (Å²) in [5, 5.41) is 5.59. The van der Waals surface area contributed by atoms with E-state index in [2.05, 4.69) is 17.2 Å². The number of nitrogens with one attached hydrogen (secondary N) is 1. The summed E-state index contributed by atoms with van der Waals surface area (Å²) in [5.41, 5.74) is 1.82. The maximum Gasteiger partial charge on any atom is 0.254 e. The van der Waals surface area contributed by atoms with Gasteiger partial charge in [-0.1, -0.05) is 42.5 Å². The Hall–Kier alpha value is -2.76. The lowest BCUT2D eigenvalue weighted by atomic mass is 10.0. The zero-order valence-electron chi connectivity index (χ0n) is 16.0. The molecule has 1 aliphatic heterocycles. The zero-order chi connectivity index (χ0) is 19.3. The zero-order valence-corrected chi connectivity index (χ0v) is 16.0. The van der Waals surface area contributed by atoms with Crippen LogP contribution in [0.15, 0.2) is 67.0 Å². The summed E-state index contributed by atoms with van der Waals surface area (Å²) in [6, 6.07) is 18.0. The number of pyridine rings is 1. The summed E-state index contributed by atoms with van der Waals surface area (Å²) in [6.07, 6.45) is 3.56. The van der Waals surface area contributed by atoms with Gasteiger partial charge in [0.15, 0.2) is 0 Å². The van der Waals surface area contributed by atoms with Gasteiger partial charge in [0.2, 0.25) is 0 Å². The molecule has 3 aromatic rings. The molecule has 144 valence electrons. The van der Waals surface area contributed by atoms with Crippen molar-refractivity contribution in [3.05, 3.63) is 78.1 Å². The minimum atomic E-state index is -0.0108. The third-order valence-electron chi connectivity index (χ3n) is 5.31. The van der Waals surface area contributed by atoms with Crippen molar-refractivity contribution >= 4 is 16.7 Å². The fourth-order valence-electron chi connectivity index (χ4n) is 3.69. The van der Waals surface area contributed by atoms with Crippen molar-refractivity contribution in [3.8, 4) is 0 Å². The molecular weight excluding hydrogens is 350 g/mol. The Bertz CT molecular complexity index is 939. The number of aromatic nitrogens is 1. The molecule has 1 fully saturated rings. The van der Waals surface area contributed by atoms with Gasteiger partial charge >= 0.3 is 0 Å². The van der Waals surface area contributed by atoms with Crippen LogP contribution in [0.2, 0.25) is 0 Å². The number of rotatable bonds is 5. The second-order valence-electron chi connectivity index (χ2n) is 7.22. The second-order valence-corrected chi connectivity index (χ2v) is 7.22. The molecule has 0 radical (unpaired) electrons. The Morgan fingerprint density at radius 3 is 2.93 bits per heavy atom. The van der Waals surface area contributed by atoms with E-state index in [9.17, 15) is 4.79 Å². The molecule has 2 unspecified atom stereocenters. The molecule has 5 heteroatoms. The Labute approximate surface area is 165 Å². The number of hydrogen-bond donors (Lipinski definition) is 1. The number of carbonyl (C=O) groups is 1. The number of hydrogen-bond acceptors (Lipinski definition) is 4. The van der Waals surface area contributed by atoms with Crippen molar-refractivity contribution in [3.63, 3.8) is 0 Å². The minimum Gasteiger partial charge on any atom is -0.372 e. The first kappa shape index (κ1) is 18.6. The molecule has 2 atom stereocenters. The molecule has 2 aromatic carbocycles. The largest absolute Gasteiger partial charge is 0.372 e. The van der Waals surface area contributed by atoms with E-state index in [4.69, 9.17) is 4.74 Å². The van der Waals surface area contributed by atoms with Crippen LogP contribution < -0.4 is 5.32 Å².